The molecule has 1 atom stereocenters. The van der Waals surface area contributed by atoms with Crippen molar-refractivity contribution in [2.45, 2.75) is 78.2 Å². The molecule has 0 amide bonds. The molecule has 0 bridgehead atoms. The largest absolute Gasteiger partial charge is 0.313 e. The Kier molecular flexibility index (Phi) is 8.60. The van der Waals surface area contributed by atoms with Gasteiger partial charge < -0.3 is 5.32 Å². The van der Waals surface area contributed by atoms with Crippen LogP contribution in [-0.4, -0.2) is 7.05 Å². The van der Waals surface area contributed by atoms with E-state index in [4.69, 9.17) is 0 Å². The SMILES string of the molecule is CCCCCCCCCC(NC)c1ccc(C)c(C)c1. The standard InChI is InChI=1S/C19H33N/c1-5-6-7-8-9-10-11-12-19(20-4)18-14-13-16(2)17(3)15-18/h13-15,19-20H,5-12H2,1-4H3. The molecule has 0 aromatic heterocycles. The lowest BCUT2D eigenvalue weighted by Crippen LogP contribution is -2.16. The van der Waals surface area contributed by atoms with E-state index in [-0.39, 0.29) is 0 Å². The number of aryl methyl sites for hydroxylation is 2. The van der Waals surface area contributed by atoms with E-state index in [1.807, 2.05) is 0 Å². The van der Waals surface area contributed by atoms with Crippen molar-refractivity contribution in [3.05, 3.63) is 34.9 Å². The summed E-state index contributed by atoms with van der Waals surface area (Å²) in [5.41, 5.74) is 4.24. The summed E-state index contributed by atoms with van der Waals surface area (Å²) in [5.74, 6) is 0. The average molecular weight is 275 g/mol. The Hall–Kier alpha value is -0.820. The van der Waals surface area contributed by atoms with Crippen LogP contribution in [0.4, 0.5) is 0 Å². The molecule has 1 heteroatoms. The molecular weight excluding hydrogens is 242 g/mol. The summed E-state index contributed by atoms with van der Waals surface area (Å²) in [6.45, 7) is 6.67. The highest BCUT2D eigenvalue weighted by Crippen LogP contribution is 2.22. The molecule has 20 heavy (non-hydrogen) atoms. The first-order valence-electron chi connectivity index (χ1n) is 8.43. The molecule has 0 spiro atoms. The van der Waals surface area contributed by atoms with Gasteiger partial charge >= 0.3 is 0 Å². The highest BCUT2D eigenvalue weighted by molar-refractivity contribution is 5.31. The second-order valence-corrected chi connectivity index (χ2v) is 6.09. The van der Waals surface area contributed by atoms with E-state index >= 15 is 0 Å². The molecule has 1 aromatic rings. The van der Waals surface area contributed by atoms with Crippen LogP contribution in [0, 0.1) is 13.8 Å². The van der Waals surface area contributed by atoms with E-state index in [0.29, 0.717) is 6.04 Å². The Bertz CT molecular complexity index is 370. The first-order chi connectivity index (χ1) is 9.69. The van der Waals surface area contributed by atoms with Gasteiger partial charge in [0.1, 0.15) is 0 Å². The maximum Gasteiger partial charge on any atom is 0.0317 e. The monoisotopic (exact) mass is 275 g/mol. The summed E-state index contributed by atoms with van der Waals surface area (Å²) < 4.78 is 0. The van der Waals surface area contributed by atoms with Crippen LogP contribution in [0.5, 0.6) is 0 Å². The quantitative estimate of drug-likeness (QED) is 0.540. The van der Waals surface area contributed by atoms with Gasteiger partial charge in [0.2, 0.25) is 0 Å². The van der Waals surface area contributed by atoms with E-state index in [9.17, 15) is 0 Å². The highest BCUT2D eigenvalue weighted by atomic mass is 14.9. The third-order valence-electron chi connectivity index (χ3n) is 4.38. The minimum Gasteiger partial charge on any atom is -0.313 e. The maximum atomic E-state index is 3.48. The Morgan fingerprint density at radius 1 is 0.900 bits per heavy atom. The van der Waals surface area contributed by atoms with Crippen LogP contribution in [0.2, 0.25) is 0 Å². The first kappa shape index (κ1) is 17.2. The fourth-order valence-electron chi connectivity index (χ4n) is 2.76. The highest BCUT2D eigenvalue weighted by Gasteiger charge is 2.09. The smallest absolute Gasteiger partial charge is 0.0317 e. The predicted octanol–water partition coefficient (Wildman–Crippen LogP) is 5.70. The maximum absolute atomic E-state index is 3.48. The summed E-state index contributed by atoms with van der Waals surface area (Å²) in [6.07, 6.45) is 11.0. The average Bonchev–Trinajstić information content (AvgIpc) is 2.45. The van der Waals surface area contributed by atoms with Crippen LogP contribution >= 0.6 is 0 Å². The Morgan fingerprint density at radius 3 is 2.15 bits per heavy atom. The second-order valence-electron chi connectivity index (χ2n) is 6.09. The van der Waals surface area contributed by atoms with Crippen LogP contribution < -0.4 is 5.32 Å². The van der Waals surface area contributed by atoms with Crippen LogP contribution in [0.3, 0.4) is 0 Å². The van der Waals surface area contributed by atoms with E-state index in [2.05, 4.69) is 51.3 Å². The zero-order valence-corrected chi connectivity index (χ0v) is 14.0. The van der Waals surface area contributed by atoms with Gasteiger partial charge in [-0.15, -0.1) is 0 Å². The number of hydrogen-bond acceptors (Lipinski definition) is 1. The Morgan fingerprint density at radius 2 is 1.55 bits per heavy atom. The summed E-state index contributed by atoms with van der Waals surface area (Å²) in [5, 5.41) is 3.48. The van der Waals surface area contributed by atoms with Gasteiger partial charge in [-0.2, -0.15) is 0 Å². The molecule has 0 radical (unpaired) electrons. The third kappa shape index (κ3) is 6.09. The topological polar surface area (TPSA) is 12.0 Å². The summed E-state index contributed by atoms with van der Waals surface area (Å²) >= 11 is 0. The number of nitrogens with one attached hydrogen (secondary N) is 1. The van der Waals surface area contributed by atoms with Crippen molar-refractivity contribution in [1.82, 2.24) is 5.32 Å². The van der Waals surface area contributed by atoms with Crippen LogP contribution in [0.1, 0.15) is 81.0 Å². The van der Waals surface area contributed by atoms with Crippen LogP contribution in [-0.2, 0) is 0 Å². The zero-order valence-electron chi connectivity index (χ0n) is 14.0. The van der Waals surface area contributed by atoms with Gasteiger partial charge in [0.05, 0.1) is 0 Å². The van der Waals surface area contributed by atoms with Crippen molar-refractivity contribution in [3.8, 4) is 0 Å². The lowest BCUT2D eigenvalue weighted by Gasteiger charge is -2.18. The minimum atomic E-state index is 0.518. The fraction of sp³-hybridized carbons (Fsp3) is 0.684. The molecule has 0 aliphatic rings. The molecule has 0 aliphatic heterocycles. The fourth-order valence-corrected chi connectivity index (χ4v) is 2.76. The van der Waals surface area contributed by atoms with Crippen LogP contribution in [0.25, 0.3) is 0 Å². The van der Waals surface area contributed by atoms with Gasteiger partial charge in [0.25, 0.3) is 0 Å². The van der Waals surface area contributed by atoms with Crippen molar-refractivity contribution in [2.24, 2.45) is 0 Å². The molecule has 0 fully saturated rings. The lowest BCUT2D eigenvalue weighted by atomic mass is 9.96. The summed E-state index contributed by atoms with van der Waals surface area (Å²) in [6, 6.07) is 7.40. The molecule has 0 saturated heterocycles. The van der Waals surface area contributed by atoms with Crippen molar-refractivity contribution in [1.29, 1.82) is 0 Å². The lowest BCUT2D eigenvalue weighted by molar-refractivity contribution is 0.495. The van der Waals surface area contributed by atoms with Gasteiger partial charge in [-0.05, 0) is 44.0 Å². The van der Waals surface area contributed by atoms with Gasteiger partial charge in [0.15, 0.2) is 0 Å². The third-order valence-corrected chi connectivity index (χ3v) is 4.38. The van der Waals surface area contributed by atoms with Crippen molar-refractivity contribution >= 4 is 0 Å². The summed E-state index contributed by atoms with van der Waals surface area (Å²) in [4.78, 5) is 0. The molecule has 1 nitrogen and oxygen atoms in total. The molecule has 1 aromatic carbocycles. The number of unbranched alkanes of at least 4 members (excludes halogenated alkanes) is 6. The number of hydrogen-bond donors (Lipinski definition) is 1. The van der Waals surface area contributed by atoms with Gasteiger partial charge in [-0.1, -0.05) is 70.1 Å². The molecule has 0 saturated carbocycles. The molecular formula is C19H33N. The molecule has 1 rings (SSSR count). The number of rotatable bonds is 10. The minimum absolute atomic E-state index is 0.518. The van der Waals surface area contributed by atoms with Gasteiger partial charge in [0, 0.05) is 6.04 Å². The molecule has 1 unspecified atom stereocenters. The van der Waals surface area contributed by atoms with Gasteiger partial charge in [-0.3, -0.25) is 0 Å². The Balaban J connectivity index is 2.30. The first-order valence-corrected chi connectivity index (χ1v) is 8.43. The van der Waals surface area contributed by atoms with Crippen molar-refractivity contribution in [3.63, 3.8) is 0 Å². The van der Waals surface area contributed by atoms with E-state index in [1.165, 1.54) is 68.1 Å². The summed E-state index contributed by atoms with van der Waals surface area (Å²) in [7, 11) is 2.08. The second kappa shape index (κ2) is 9.99. The van der Waals surface area contributed by atoms with Crippen molar-refractivity contribution < 1.29 is 0 Å². The van der Waals surface area contributed by atoms with E-state index in [0.717, 1.165) is 0 Å². The van der Waals surface area contributed by atoms with Gasteiger partial charge in [-0.25, -0.2) is 0 Å². The number of benzene rings is 1. The molecule has 0 aliphatic carbocycles. The Labute approximate surface area is 126 Å². The normalized spacial score (nSPS) is 12.6. The van der Waals surface area contributed by atoms with E-state index < -0.39 is 0 Å². The molecule has 0 heterocycles. The zero-order chi connectivity index (χ0) is 14.8. The van der Waals surface area contributed by atoms with E-state index in [1.54, 1.807) is 0 Å². The molecule has 114 valence electrons. The van der Waals surface area contributed by atoms with Crippen molar-refractivity contribution in [2.75, 3.05) is 7.05 Å². The van der Waals surface area contributed by atoms with Crippen LogP contribution in [0.15, 0.2) is 18.2 Å². The predicted molar refractivity (Wildman–Crippen MR) is 90.3 cm³/mol. The molecule has 1 N–H and O–H groups in total.